The Morgan fingerprint density at radius 1 is 1.40 bits per heavy atom. The summed E-state index contributed by atoms with van der Waals surface area (Å²) in [5.41, 5.74) is -0.610. The van der Waals surface area contributed by atoms with E-state index in [2.05, 4.69) is 9.71 Å². The number of aromatic amines is 1. The maximum Gasteiger partial charge on any atom is 0.247 e. The van der Waals surface area contributed by atoms with Crippen LogP contribution in [0.25, 0.3) is 0 Å². The monoisotopic (exact) mass is 228 g/mol. The second-order valence-electron chi connectivity index (χ2n) is 4.05. The molecule has 1 heterocycles. The molecule has 2 rings (SSSR count). The molecule has 0 spiro atoms. The van der Waals surface area contributed by atoms with Gasteiger partial charge in [-0.3, -0.25) is 4.79 Å². The van der Waals surface area contributed by atoms with Crippen molar-refractivity contribution in [2.24, 2.45) is 0 Å². The Kier molecular flexibility index (Phi) is 2.20. The third kappa shape index (κ3) is 2.27. The Hall–Kier alpha value is -1.14. The van der Waals surface area contributed by atoms with Crippen LogP contribution in [0.15, 0.2) is 28.0 Å². The molecule has 1 aliphatic rings. The molecule has 6 heteroatoms. The van der Waals surface area contributed by atoms with Crippen molar-refractivity contribution in [1.82, 2.24) is 9.71 Å². The first-order valence-corrected chi connectivity index (χ1v) is 6.12. The van der Waals surface area contributed by atoms with Gasteiger partial charge >= 0.3 is 0 Å². The van der Waals surface area contributed by atoms with Crippen LogP contribution in [0, 0.1) is 0 Å². The average molecular weight is 228 g/mol. The summed E-state index contributed by atoms with van der Waals surface area (Å²) in [6, 6.07) is 2.50. The van der Waals surface area contributed by atoms with Crippen LogP contribution in [0.3, 0.4) is 0 Å². The quantitative estimate of drug-likeness (QED) is 0.776. The van der Waals surface area contributed by atoms with Crippen LogP contribution in [0.1, 0.15) is 19.8 Å². The summed E-state index contributed by atoms with van der Waals surface area (Å²) in [7, 11) is -3.49. The molecule has 1 aliphatic carbocycles. The normalized spacial score (nSPS) is 18.7. The van der Waals surface area contributed by atoms with Gasteiger partial charge in [0.25, 0.3) is 0 Å². The maximum absolute atomic E-state index is 11.8. The average Bonchev–Trinajstić information content (AvgIpc) is 2.82. The van der Waals surface area contributed by atoms with Gasteiger partial charge in [-0.1, -0.05) is 0 Å². The molecule has 5 nitrogen and oxygen atoms in total. The van der Waals surface area contributed by atoms with Gasteiger partial charge in [-0.05, 0) is 25.8 Å². The van der Waals surface area contributed by atoms with Gasteiger partial charge < -0.3 is 4.98 Å². The molecule has 0 atom stereocenters. The van der Waals surface area contributed by atoms with E-state index in [-0.39, 0.29) is 16.0 Å². The lowest BCUT2D eigenvalue weighted by atomic mass is 10.4. The highest BCUT2D eigenvalue weighted by molar-refractivity contribution is 7.89. The molecule has 0 unspecified atom stereocenters. The minimum absolute atomic E-state index is 0.0928. The standard InChI is InChI=1S/C9H12N2O3S/c1-9(4-5-9)11-15(13,14)7-2-3-8(12)10-6-7/h2-3,6,11H,4-5H2,1H3,(H,10,12). The van der Waals surface area contributed by atoms with Gasteiger partial charge in [-0.15, -0.1) is 0 Å². The van der Waals surface area contributed by atoms with E-state index >= 15 is 0 Å². The number of sulfonamides is 1. The highest BCUT2D eigenvalue weighted by Crippen LogP contribution is 2.35. The number of H-pyrrole nitrogens is 1. The largest absolute Gasteiger partial charge is 0.328 e. The number of hydrogen-bond acceptors (Lipinski definition) is 3. The van der Waals surface area contributed by atoms with Gasteiger partial charge in [0.05, 0.1) is 4.90 Å². The molecule has 0 radical (unpaired) electrons. The first-order chi connectivity index (χ1) is 6.91. The summed E-state index contributed by atoms with van der Waals surface area (Å²) in [4.78, 5) is 13.2. The van der Waals surface area contributed by atoms with Crippen LogP contribution in [-0.2, 0) is 10.0 Å². The maximum atomic E-state index is 11.8. The van der Waals surface area contributed by atoms with E-state index in [0.717, 1.165) is 12.8 Å². The second-order valence-corrected chi connectivity index (χ2v) is 5.74. The van der Waals surface area contributed by atoms with E-state index in [0.29, 0.717) is 0 Å². The molecule has 1 saturated carbocycles. The van der Waals surface area contributed by atoms with Crippen molar-refractivity contribution in [3.05, 3.63) is 28.7 Å². The SMILES string of the molecule is CC1(NS(=O)(=O)c2ccc(=O)[nH]c2)CC1. The molecule has 1 aromatic rings. The van der Waals surface area contributed by atoms with Crippen LogP contribution in [0.2, 0.25) is 0 Å². The molecular weight excluding hydrogens is 216 g/mol. The van der Waals surface area contributed by atoms with Gasteiger partial charge in [-0.2, -0.15) is 0 Å². The topological polar surface area (TPSA) is 79.0 Å². The van der Waals surface area contributed by atoms with Crippen LogP contribution in [0.4, 0.5) is 0 Å². The lowest BCUT2D eigenvalue weighted by molar-refractivity contribution is 0.557. The van der Waals surface area contributed by atoms with Gasteiger partial charge in [0, 0.05) is 17.8 Å². The van der Waals surface area contributed by atoms with Crippen molar-refractivity contribution in [3.8, 4) is 0 Å². The predicted octanol–water partition coefficient (Wildman–Crippen LogP) is 0.206. The fourth-order valence-corrected chi connectivity index (χ4v) is 2.67. The highest BCUT2D eigenvalue weighted by atomic mass is 32.2. The van der Waals surface area contributed by atoms with E-state index in [1.54, 1.807) is 0 Å². The zero-order valence-electron chi connectivity index (χ0n) is 8.28. The zero-order valence-corrected chi connectivity index (χ0v) is 9.10. The third-order valence-electron chi connectivity index (χ3n) is 2.45. The Bertz CT molecular complexity index is 508. The van der Waals surface area contributed by atoms with Crippen LogP contribution < -0.4 is 10.3 Å². The summed E-state index contributed by atoms with van der Waals surface area (Å²) in [5, 5.41) is 0. The van der Waals surface area contributed by atoms with E-state index in [1.807, 2.05) is 6.92 Å². The first kappa shape index (κ1) is 10.4. The Balaban J connectivity index is 2.29. The number of rotatable bonds is 3. The number of nitrogens with one attached hydrogen (secondary N) is 2. The molecule has 1 aromatic heterocycles. The summed E-state index contributed by atoms with van der Waals surface area (Å²) < 4.78 is 26.1. The van der Waals surface area contributed by atoms with E-state index in [4.69, 9.17) is 0 Å². The summed E-state index contributed by atoms with van der Waals surface area (Å²) in [5.74, 6) is 0. The Morgan fingerprint density at radius 2 is 2.07 bits per heavy atom. The molecular formula is C9H12N2O3S. The summed E-state index contributed by atoms with van der Waals surface area (Å²) >= 11 is 0. The Morgan fingerprint density at radius 3 is 2.53 bits per heavy atom. The fourth-order valence-electron chi connectivity index (χ4n) is 1.24. The molecule has 0 saturated heterocycles. The summed E-state index contributed by atoms with van der Waals surface area (Å²) in [6.07, 6.45) is 2.92. The summed E-state index contributed by atoms with van der Waals surface area (Å²) in [6.45, 7) is 1.86. The van der Waals surface area contributed by atoms with Gasteiger partial charge in [0.1, 0.15) is 0 Å². The zero-order chi connectivity index (χ0) is 11.1. The van der Waals surface area contributed by atoms with Crippen molar-refractivity contribution in [2.45, 2.75) is 30.2 Å². The van der Waals surface area contributed by atoms with Crippen LogP contribution in [-0.4, -0.2) is 18.9 Å². The van der Waals surface area contributed by atoms with Crippen molar-refractivity contribution in [2.75, 3.05) is 0 Å². The Labute approximate surface area is 87.6 Å². The van der Waals surface area contributed by atoms with E-state index in [9.17, 15) is 13.2 Å². The predicted molar refractivity (Wildman–Crippen MR) is 55.0 cm³/mol. The first-order valence-electron chi connectivity index (χ1n) is 4.64. The second kappa shape index (κ2) is 3.18. The molecule has 0 bridgehead atoms. The van der Waals surface area contributed by atoms with Gasteiger partial charge in [0.15, 0.2) is 0 Å². The van der Waals surface area contributed by atoms with E-state index in [1.165, 1.54) is 18.3 Å². The van der Waals surface area contributed by atoms with Crippen molar-refractivity contribution < 1.29 is 8.42 Å². The lowest BCUT2D eigenvalue weighted by Gasteiger charge is -2.11. The smallest absolute Gasteiger partial charge is 0.247 e. The van der Waals surface area contributed by atoms with Crippen molar-refractivity contribution in [1.29, 1.82) is 0 Å². The lowest BCUT2D eigenvalue weighted by Crippen LogP contribution is -2.34. The fraction of sp³-hybridized carbons (Fsp3) is 0.444. The van der Waals surface area contributed by atoms with Crippen molar-refractivity contribution in [3.63, 3.8) is 0 Å². The number of hydrogen-bond donors (Lipinski definition) is 2. The molecule has 0 aliphatic heterocycles. The molecule has 0 amide bonds. The molecule has 2 N–H and O–H groups in total. The third-order valence-corrected chi connectivity index (χ3v) is 4.08. The van der Waals surface area contributed by atoms with E-state index < -0.39 is 10.0 Å². The minimum Gasteiger partial charge on any atom is -0.328 e. The van der Waals surface area contributed by atoms with Gasteiger partial charge in [0.2, 0.25) is 15.6 Å². The molecule has 0 aromatic carbocycles. The number of pyridine rings is 1. The number of aromatic nitrogens is 1. The van der Waals surface area contributed by atoms with Crippen LogP contribution >= 0.6 is 0 Å². The molecule has 1 fully saturated rings. The highest BCUT2D eigenvalue weighted by Gasteiger charge is 2.41. The molecule has 82 valence electrons. The van der Waals surface area contributed by atoms with Crippen LogP contribution in [0.5, 0.6) is 0 Å². The van der Waals surface area contributed by atoms with Crippen molar-refractivity contribution >= 4 is 10.0 Å². The molecule has 15 heavy (non-hydrogen) atoms. The van der Waals surface area contributed by atoms with Gasteiger partial charge in [-0.25, -0.2) is 13.1 Å². The minimum atomic E-state index is -3.49.